The van der Waals surface area contributed by atoms with Crippen LogP contribution in [0.3, 0.4) is 0 Å². The lowest BCUT2D eigenvalue weighted by molar-refractivity contribution is 0.623. The van der Waals surface area contributed by atoms with Crippen molar-refractivity contribution in [2.75, 3.05) is 11.6 Å². The van der Waals surface area contributed by atoms with Crippen LogP contribution in [0.15, 0.2) is 47.4 Å². The van der Waals surface area contributed by atoms with Crippen molar-refractivity contribution in [1.82, 2.24) is 0 Å². The smallest absolute Gasteiger partial charge is 0.123 e. The van der Waals surface area contributed by atoms with Gasteiger partial charge >= 0.3 is 0 Å². The molecule has 0 aromatic heterocycles. The molecule has 0 aliphatic heterocycles. The van der Waals surface area contributed by atoms with Crippen LogP contribution in [0.2, 0.25) is 0 Å². The van der Waals surface area contributed by atoms with Gasteiger partial charge in [-0.2, -0.15) is 5.26 Å². The van der Waals surface area contributed by atoms with E-state index in [2.05, 4.69) is 11.4 Å². The maximum atomic E-state index is 13.2. The van der Waals surface area contributed by atoms with Gasteiger partial charge in [-0.1, -0.05) is 18.2 Å². The van der Waals surface area contributed by atoms with Crippen molar-refractivity contribution >= 4 is 17.4 Å². The highest BCUT2D eigenvalue weighted by Gasteiger charge is 2.11. The zero-order valence-electron chi connectivity index (χ0n) is 11.4. The van der Waals surface area contributed by atoms with E-state index in [9.17, 15) is 9.65 Å². The molecule has 2 nitrogen and oxygen atoms in total. The van der Waals surface area contributed by atoms with E-state index in [1.807, 2.05) is 37.4 Å². The zero-order chi connectivity index (χ0) is 14.5. The van der Waals surface area contributed by atoms with Crippen molar-refractivity contribution in [3.05, 3.63) is 59.4 Å². The minimum Gasteiger partial charge on any atom is -0.377 e. The van der Waals surface area contributed by atoms with Crippen LogP contribution in [-0.4, -0.2) is 6.26 Å². The molecular weight excluding hydrogens is 271 g/mol. The number of thioether (sulfide) groups is 1. The van der Waals surface area contributed by atoms with Gasteiger partial charge < -0.3 is 5.32 Å². The van der Waals surface area contributed by atoms with Crippen LogP contribution >= 0.6 is 11.8 Å². The number of anilines is 1. The van der Waals surface area contributed by atoms with Crippen molar-refractivity contribution < 1.29 is 4.39 Å². The maximum Gasteiger partial charge on any atom is 0.123 e. The molecule has 0 radical (unpaired) electrons. The van der Waals surface area contributed by atoms with Crippen LogP contribution in [0.5, 0.6) is 0 Å². The van der Waals surface area contributed by atoms with Gasteiger partial charge in [0, 0.05) is 10.9 Å². The molecule has 4 heteroatoms. The molecule has 0 aliphatic carbocycles. The number of nitriles is 1. The average molecular weight is 286 g/mol. The van der Waals surface area contributed by atoms with Crippen molar-refractivity contribution in [2.45, 2.75) is 17.9 Å². The Kier molecular flexibility index (Phi) is 4.65. The number of halogens is 1. The minimum absolute atomic E-state index is 0.0742. The Labute approximate surface area is 122 Å². The monoisotopic (exact) mass is 286 g/mol. The normalized spacial score (nSPS) is 11.7. The molecule has 0 spiro atoms. The summed E-state index contributed by atoms with van der Waals surface area (Å²) in [5, 5.41) is 12.6. The van der Waals surface area contributed by atoms with Gasteiger partial charge in [0.1, 0.15) is 11.9 Å². The van der Waals surface area contributed by atoms with E-state index < -0.39 is 0 Å². The maximum absolute atomic E-state index is 13.2. The number of nitrogens with one attached hydrogen (secondary N) is 1. The summed E-state index contributed by atoms with van der Waals surface area (Å²) in [5.41, 5.74) is 2.25. The number of nitrogens with zero attached hydrogens (tertiary/aromatic N) is 1. The molecule has 1 unspecified atom stereocenters. The molecule has 102 valence electrons. The summed E-state index contributed by atoms with van der Waals surface area (Å²) in [6.45, 7) is 1.95. The lowest BCUT2D eigenvalue weighted by Gasteiger charge is -2.17. The Morgan fingerprint density at radius 2 is 2.00 bits per heavy atom. The molecule has 0 amide bonds. The standard InChI is InChI=1S/C16H15FN2S/c1-11(12-5-3-6-13(17)9-12)19-15-7-4-8-16(20-2)14(15)10-18/h3-9,11,19H,1-2H3. The van der Waals surface area contributed by atoms with Crippen LogP contribution < -0.4 is 5.32 Å². The Balaban J connectivity index is 2.28. The van der Waals surface area contributed by atoms with E-state index in [1.165, 1.54) is 23.9 Å². The molecule has 0 saturated carbocycles. The van der Waals surface area contributed by atoms with E-state index in [4.69, 9.17) is 0 Å². The van der Waals surface area contributed by atoms with Crippen molar-refractivity contribution in [1.29, 1.82) is 5.26 Å². The van der Waals surface area contributed by atoms with Crippen LogP contribution in [0.1, 0.15) is 24.1 Å². The molecule has 2 aromatic carbocycles. The molecule has 0 aliphatic rings. The van der Waals surface area contributed by atoms with E-state index in [1.54, 1.807) is 6.07 Å². The van der Waals surface area contributed by atoms with Crippen LogP contribution in [0, 0.1) is 17.1 Å². The fourth-order valence-corrected chi connectivity index (χ4v) is 2.60. The summed E-state index contributed by atoms with van der Waals surface area (Å²) in [5.74, 6) is -0.255. The first-order valence-corrected chi connectivity index (χ1v) is 7.47. The second-order valence-electron chi connectivity index (χ2n) is 4.42. The fraction of sp³-hybridized carbons (Fsp3) is 0.188. The van der Waals surface area contributed by atoms with Gasteiger partial charge in [0.25, 0.3) is 0 Å². The predicted molar refractivity (Wildman–Crippen MR) is 81.4 cm³/mol. The molecule has 20 heavy (non-hydrogen) atoms. The average Bonchev–Trinajstić information content (AvgIpc) is 2.46. The summed E-state index contributed by atoms with van der Waals surface area (Å²) >= 11 is 1.54. The molecular formula is C16H15FN2S. The predicted octanol–water partition coefficient (Wildman–Crippen LogP) is 4.59. The molecule has 0 fully saturated rings. The Hall–Kier alpha value is -1.99. The topological polar surface area (TPSA) is 35.8 Å². The van der Waals surface area contributed by atoms with Gasteiger partial charge in [0.05, 0.1) is 11.3 Å². The molecule has 0 saturated heterocycles. The number of benzene rings is 2. The molecule has 2 rings (SSSR count). The molecule has 1 N–H and O–H groups in total. The first-order valence-electron chi connectivity index (χ1n) is 6.25. The van der Waals surface area contributed by atoms with Gasteiger partial charge in [-0.05, 0) is 43.0 Å². The van der Waals surface area contributed by atoms with Gasteiger partial charge in [0.2, 0.25) is 0 Å². The minimum atomic E-state index is -0.255. The molecule has 2 aromatic rings. The van der Waals surface area contributed by atoms with Gasteiger partial charge in [-0.25, -0.2) is 4.39 Å². The number of rotatable bonds is 4. The largest absolute Gasteiger partial charge is 0.377 e. The Bertz CT molecular complexity index is 649. The highest BCUT2D eigenvalue weighted by molar-refractivity contribution is 7.98. The van der Waals surface area contributed by atoms with E-state index in [-0.39, 0.29) is 11.9 Å². The van der Waals surface area contributed by atoms with Crippen LogP contribution in [-0.2, 0) is 0 Å². The summed E-state index contributed by atoms with van der Waals surface area (Å²) in [7, 11) is 0. The molecule has 0 bridgehead atoms. The van der Waals surface area contributed by atoms with Gasteiger partial charge in [-0.3, -0.25) is 0 Å². The highest BCUT2D eigenvalue weighted by atomic mass is 32.2. The third-order valence-electron chi connectivity index (χ3n) is 3.08. The quantitative estimate of drug-likeness (QED) is 0.835. The second-order valence-corrected chi connectivity index (χ2v) is 5.26. The van der Waals surface area contributed by atoms with Crippen LogP contribution in [0.25, 0.3) is 0 Å². The molecule has 1 atom stereocenters. The summed E-state index contributed by atoms with van der Waals surface area (Å²) in [6, 6.07) is 14.3. The Morgan fingerprint density at radius 1 is 1.25 bits per heavy atom. The third kappa shape index (κ3) is 3.12. The summed E-state index contributed by atoms with van der Waals surface area (Å²) in [6.07, 6.45) is 1.94. The second kappa shape index (κ2) is 6.44. The summed E-state index contributed by atoms with van der Waals surface area (Å²) < 4.78 is 13.2. The third-order valence-corrected chi connectivity index (χ3v) is 3.86. The van der Waals surface area contributed by atoms with Gasteiger partial charge in [-0.15, -0.1) is 11.8 Å². The number of hydrogen-bond acceptors (Lipinski definition) is 3. The summed E-state index contributed by atoms with van der Waals surface area (Å²) in [4.78, 5) is 0.934. The van der Waals surface area contributed by atoms with E-state index in [0.717, 1.165) is 16.1 Å². The van der Waals surface area contributed by atoms with Crippen molar-refractivity contribution in [3.8, 4) is 6.07 Å². The van der Waals surface area contributed by atoms with Crippen LogP contribution in [0.4, 0.5) is 10.1 Å². The van der Waals surface area contributed by atoms with Gasteiger partial charge in [0.15, 0.2) is 0 Å². The van der Waals surface area contributed by atoms with E-state index in [0.29, 0.717) is 5.56 Å². The highest BCUT2D eigenvalue weighted by Crippen LogP contribution is 2.29. The van der Waals surface area contributed by atoms with Crippen molar-refractivity contribution in [2.24, 2.45) is 0 Å². The molecule has 0 heterocycles. The first-order chi connectivity index (χ1) is 9.65. The lowest BCUT2D eigenvalue weighted by atomic mass is 10.1. The lowest BCUT2D eigenvalue weighted by Crippen LogP contribution is -2.08. The fourth-order valence-electron chi connectivity index (χ4n) is 2.03. The van der Waals surface area contributed by atoms with Crippen molar-refractivity contribution in [3.63, 3.8) is 0 Å². The van der Waals surface area contributed by atoms with E-state index >= 15 is 0 Å². The Morgan fingerprint density at radius 3 is 2.65 bits per heavy atom. The first kappa shape index (κ1) is 14.4. The number of hydrogen-bond donors (Lipinski definition) is 1. The zero-order valence-corrected chi connectivity index (χ0v) is 12.2. The SMILES string of the molecule is CSc1cccc(NC(C)c2cccc(F)c2)c1C#N.